The van der Waals surface area contributed by atoms with Gasteiger partial charge in [0.2, 0.25) is 5.88 Å². The second-order valence-corrected chi connectivity index (χ2v) is 7.81. The van der Waals surface area contributed by atoms with E-state index in [0.717, 1.165) is 21.2 Å². The largest absolute Gasteiger partial charge is 0.494 e. The monoisotopic (exact) mass is 430 g/mol. The third-order valence-electron chi connectivity index (χ3n) is 4.52. The lowest BCUT2D eigenvalue weighted by Crippen LogP contribution is -2.12. The summed E-state index contributed by atoms with van der Waals surface area (Å²) in [4.78, 5) is 14.8. The van der Waals surface area contributed by atoms with Crippen molar-refractivity contribution in [2.75, 3.05) is 6.61 Å². The van der Waals surface area contributed by atoms with Crippen molar-refractivity contribution in [3.05, 3.63) is 96.2 Å². The van der Waals surface area contributed by atoms with Crippen molar-refractivity contribution in [1.29, 1.82) is 0 Å². The molecular formula is C25H22N2O3S. The van der Waals surface area contributed by atoms with Crippen LogP contribution in [0.5, 0.6) is 11.6 Å². The molecule has 0 amide bonds. The molecule has 4 aromatic rings. The fraction of sp³-hybridized carbons (Fsp3) is 0.120. The maximum atomic E-state index is 13.0. The molecule has 0 fully saturated rings. The molecule has 0 radical (unpaired) electrons. The van der Waals surface area contributed by atoms with Crippen LogP contribution in [-0.2, 0) is 0 Å². The molecule has 156 valence electrons. The van der Waals surface area contributed by atoms with E-state index in [-0.39, 0.29) is 0 Å². The maximum Gasteiger partial charge on any atom is 0.344 e. The van der Waals surface area contributed by atoms with Crippen molar-refractivity contribution in [2.45, 2.75) is 23.6 Å². The van der Waals surface area contributed by atoms with Gasteiger partial charge in [0.25, 0.3) is 0 Å². The van der Waals surface area contributed by atoms with Gasteiger partial charge in [-0.05, 0) is 62.4 Å². The summed E-state index contributed by atoms with van der Waals surface area (Å²) in [5, 5.41) is 4.66. The van der Waals surface area contributed by atoms with Gasteiger partial charge in [0.15, 0.2) is 0 Å². The minimum Gasteiger partial charge on any atom is -0.494 e. The Kier molecular flexibility index (Phi) is 6.38. The fourth-order valence-electron chi connectivity index (χ4n) is 3.05. The predicted molar refractivity (Wildman–Crippen MR) is 121 cm³/mol. The number of carbonyl (C=O) groups excluding carboxylic acids is 1. The van der Waals surface area contributed by atoms with E-state index >= 15 is 0 Å². The molecule has 6 heteroatoms. The number of aryl methyl sites for hydroxylation is 1. The van der Waals surface area contributed by atoms with Gasteiger partial charge in [-0.2, -0.15) is 9.78 Å². The van der Waals surface area contributed by atoms with Gasteiger partial charge in [-0.3, -0.25) is 0 Å². The molecule has 0 atom stereocenters. The second kappa shape index (κ2) is 9.53. The van der Waals surface area contributed by atoms with Crippen molar-refractivity contribution in [2.24, 2.45) is 0 Å². The van der Waals surface area contributed by atoms with Crippen LogP contribution in [0.1, 0.15) is 23.0 Å². The molecule has 0 unspecified atom stereocenters. The van der Waals surface area contributed by atoms with Crippen molar-refractivity contribution in [3.63, 3.8) is 0 Å². The average molecular weight is 431 g/mol. The topological polar surface area (TPSA) is 53.4 Å². The van der Waals surface area contributed by atoms with Gasteiger partial charge in [0.1, 0.15) is 5.75 Å². The minimum absolute atomic E-state index is 0.399. The Morgan fingerprint density at radius 1 is 0.935 bits per heavy atom. The summed E-state index contributed by atoms with van der Waals surface area (Å²) in [5.74, 6) is 0.663. The van der Waals surface area contributed by atoms with E-state index in [0.29, 0.717) is 23.8 Å². The molecule has 0 aliphatic rings. The first kappa shape index (κ1) is 20.8. The molecule has 0 N–H and O–H groups in total. The number of nitrogens with zero attached hydrogens (tertiary/aromatic N) is 2. The molecule has 4 rings (SSSR count). The molecule has 0 saturated carbocycles. The summed E-state index contributed by atoms with van der Waals surface area (Å²) in [6.07, 6.45) is 0. The lowest BCUT2D eigenvalue weighted by molar-refractivity contribution is 0.0718. The number of hydrogen-bond donors (Lipinski definition) is 0. The van der Waals surface area contributed by atoms with Crippen molar-refractivity contribution in [3.8, 4) is 17.3 Å². The van der Waals surface area contributed by atoms with E-state index in [2.05, 4.69) is 5.10 Å². The van der Waals surface area contributed by atoms with Crippen LogP contribution >= 0.6 is 11.8 Å². The highest BCUT2D eigenvalue weighted by atomic mass is 32.2. The molecule has 0 spiro atoms. The summed E-state index contributed by atoms with van der Waals surface area (Å²) in [7, 11) is 0. The van der Waals surface area contributed by atoms with Crippen LogP contribution in [0.2, 0.25) is 0 Å². The normalized spacial score (nSPS) is 10.6. The number of carbonyl (C=O) groups is 1. The lowest BCUT2D eigenvalue weighted by Gasteiger charge is -2.11. The zero-order valence-electron chi connectivity index (χ0n) is 17.3. The van der Waals surface area contributed by atoms with Crippen molar-refractivity contribution >= 4 is 17.7 Å². The summed E-state index contributed by atoms with van der Waals surface area (Å²) >= 11 is 1.52. The highest BCUT2D eigenvalue weighted by Gasteiger charge is 2.22. The van der Waals surface area contributed by atoms with Crippen LogP contribution < -0.4 is 9.47 Å². The maximum absolute atomic E-state index is 13.0. The minimum atomic E-state index is -0.449. The van der Waals surface area contributed by atoms with Crippen LogP contribution in [0.25, 0.3) is 5.69 Å². The highest BCUT2D eigenvalue weighted by molar-refractivity contribution is 7.99. The first-order valence-electron chi connectivity index (χ1n) is 9.98. The molecule has 3 aromatic carbocycles. The number of benzene rings is 3. The van der Waals surface area contributed by atoms with Crippen LogP contribution in [0.15, 0.2) is 94.7 Å². The average Bonchev–Trinajstić information content (AvgIpc) is 3.11. The van der Waals surface area contributed by atoms with Gasteiger partial charge in [-0.1, -0.05) is 48.2 Å². The Balaban J connectivity index is 1.70. The van der Waals surface area contributed by atoms with Crippen LogP contribution in [0.4, 0.5) is 0 Å². The Bertz CT molecular complexity index is 1160. The van der Waals surface area contributed by atoms with E-state index in [1.165, 1.54) is 11.8 Å². The summed E-state index contributed by atoms with van der Waals surface area (Å²) in [6.45, 7) is 4.40. The van der Waals surface area contributed by atoms with Gasteiger partial charge in [-0.15, -0.1) is 0 Å². The standard InChI is InChI=1S/C25H22N2O3S/c1-3-29-21-16-14-19(15-17-21)25(28)30-24-23(31-22-12-8-5-9-13-22)18(2)26-27(24)20-10-6-4-7-11-20/h4-17H,3H2,1-2H3. The zero-order chi connectivity index (χ0) is 21.6. The predicted octanol–water partition coefficient (Wildman–Crippen LogP) is 5.95. The molecule has 0 bridgehead atoms. The molecule has 0 aliphatic carbocycles. The molecule has 1 heterocycles. The molecule has 0 aliphatic heterocycles. The molecule has 1 aromatic heterocycles. The Hall–Kier alpha value is -3.51. The van der Waals surface area contributed by atoms with Gasteiger partial charge in [-0.25, -0.2) is 4.79 Å². The Morgan fingerprint density at radius 2 is 1.58 bits per heavy atom. The van der Waals surface area contributed by atoms with Crippen LogP contribution in [0, 0.1) is 6.92 Å². The Morgan fingerprint density at radius 3 is 2.23 bits per heavy atom. The molecule has 31 heavy (non-hydrogen) atoms. The number of aromatic nitrogens is 2. The van der Waals surface area contributed by atoms with Crippen LogP contribution in [0.3, 0.4) is 0 Å². The van der Waals surface area contributed by atoms with E-state index in [9.17, 15) is 4.79 Å². The summed E-state index contributed by atoms with van der Waals surface area (Å²) in [6, 6.07) is 26.5. The third-order valence-corrected chi connectivity index (χ3v) is 5.70. The van der Waals surface area contributed by atoms with E-state index < -0.39 is 5.97 Å². The van der Waals surface area contributed by atoms with Gasteiger partial charge < -0.3 is 9.47 Å². The number of esters is 1. The number of hydrogen-bond acceptors (Lipinski definition) is 5. The third kappa shape index (κ3) is 4.81. The smallest absolute Gasteiger partial charge is 0.344 e. The first-order chi connectivity index (χ1) is 15.2. The number of para-hydroxylation sites is 1. The van der Waals surface area contributed by atoms with Gasteiger partial charge >= 0.3 is 5.97 Å². The summed E-state index contributed by atoms with van der Waals surface area (Å²) in [5.41, 5.74) is 2.05. The number of rotatable bonds is 7. The molecular weight excluding hydrogens is 408 g/mol. The second-order valence-electron chi connectivity index (χ2n) is 6.73. The van der Waals surface area contributed by atoms with Gasteiger partial charge in [0.05, 0.1) is 28.4 Å². The SMILES string of the molecule is CCOc1ccc(C(=O)Oc2c(Sc3ccccc3)c(C)nn2-c2ccccc2)cc1. The number of ether oxygens (including phenoxy) is 2. The Labute approximate surface area is 185 Å². The van der Waals surface area contributed by atoms with Crippen LogP contribution in [-0.4, -0.2) is 22.4 Å². The molecule has 5 nitrogen and oxygen atoms in total. The first-order valence-corrected chi connectivity index (χ1v) is 10.8. The summed E-state index contributed by atoms with van der Waals surface area (Å²) < 4.78 is 13.0. The van der Waals surface area contributed by atoms with E-state index in [4.69, 9.17) is 9.47 Å². The van der Waals surface area contributed by atoms with E-state index in [1.807, 2.05) is 74.5 Å². The molecule has 0 saturated heterocycles. The van der Waals surface area contributed by atoms with Crippen molar-refractivity contribution in [1.82, 2.24) is 9.78 Å². The lowest BCUT2D eigenvalue weighted by atomic mass is 10.2. The fourth-order valence-corrected chi connectivity index (χ4v) is 3.98. The van der Waals surface area contributed by atoms with E-state index in [1.54, 1.807) is 28.9 Å². The highest BCUT2D eigenvalue weighted by Crippen LogP contribution is 2.39. The zero-order valence-corrected chi connectivity index (χ0v) is 18.1. The quantitative estimate of drug-likeness (QED) is 0.339. The van der Waals surface area contributed by atoms with Gasteiger partial charge in [0, 0.05) is 4.90 Å². The van der Waals surface area contributed by atoms with Crippen molar-refractivity contribution < 1.29 is 14.3 Å².